The molecule has 5 nitrogen and oxygen atoms in total. The highest BCUT2D eigenvalue weighted by Crippen LogP contribution is 2.09. The molecule has 0 aliphatic heterocycles. The number of tetrazole rings is 1. The van der Waals surface area contributed by atoms with Crippen LogP contribution in [0.1, 0.15) is 19.7 Å². The van der Waals surface area contributed by atoms with E-state index in [1.165, 1.54) is 4.80 Å². The Bertz CT molecular complexity index is 242. The lowest BCUT2D eigenvalue weighted by atomic mass is 10.1. The predicted molar refractivity (Wildman–Crippen MR) is 39.0 cm³/mol. The molecule has 0 fully saturated rings. The van der Waals surface area contributed by atoms with Gasteiger partial charge >= 0.3 is 0 Å². The highest BCUT2D eigenvalue weighted by molar-refractivity contribution is 4.75. The van der Waals surface area contributed by atoms with Crippen LogP contribution in [0, 0.1) is 6.92 Å². The molecule has 0 aliphatic rings. The molecular weight excluding hydrogens is 144 g/mol. The maximum absolute atomic E-state index is 8.93. The summed E-state index contributed by atoms with van der Waals surface area (Å²) in [5.74, 6) is 0.617. The minimum absolute atomic E-state index is 0.00278. The second-order valence-corrected chi connectivity index (χ2v) is 3.10. The monoisotopic (exact) mass is 156 g/mol. The molecule has 1 heterocycles. The lowest BCUT2D eigenvalue weighted by molar-refractivity contribution is 0.135. The molecule has 0 spiro atoms. The van der Waals surface area contributed by atoms with Crippen molar-refractivity contribution in [1.82, 2.24) is 20.2 Å². The van der Waals surface area contributed by atoms with E-state index in [9.17, 15) is 0 Å². The molecule has 1 aromatic heterocycles. The Morgan fingerprint density at radius 3 is 2.55 bits per heavy atom. The third-order valence-electron chi connectivity index (χ3n) is 1.44. The van der Waals surface area contributed by atoms with Crippen molar-refractivity contribution >= 4 is 0 Å². The van der Waals surface area contributed by atoms with Gasteiger partial charge in [-0.1, -0.05) is 0 Å². The fraction of sp³-hybridized carbons (Fsp3) is 0.833. The molecule has 0 unspecified atom stereocenters. The van der Waals surface area contributed by atoms with E-state index in [1.54, 1.807) is 6.92 Å². The zero-order chi connectivity index (χ0) is 8.48. The molecule has 0 saturated heterocycles. The number of rotatable bonds is 2. The van der Waals surface area contributed by atoms with Gasteiger partial charge < -0.3 is 5.11 Å². The van der Waals surface area contributed by atoms with Gasteiger partial charge in [0, 0.05) is 0 Å². The Balaban J connectivity index is 2.92. The highest BCUT2D eigenvalue weighted by atomic mass is 16.3. The maximum Gasteiger partial charge on any atom is 0.171 e. The van der Waals surface area contributed by atoms with Crippen LogP contribution in [0.4, 0.5) is 0 Å². The Hall–Kier alpha value is -0.970. The summed E-state index contributed by atoms with van der Waals surface area (Å²) in [6.45, 7) is 5.45. The fourth-order valence-electron chi connectivity index (χ4n) is 0.604. The van der Waals surface area contributed by atoms with Crippen LogP contribution in [0.25, 0.3) is 0 Å². The summed E-state index contributed by atoms with van der Waals surface area (Å²) < 4.78 is 0. The van der Waals surface area contributed by atoms with E-state index >= 15 is 0 Å². The van der Waals surface area contributed by atoms with Crippen molar-refractivity contribution in [2.75, 3.05) is 6.61 Å². The third kappa shape index (κ3) is 1.54. The molecule has 0 amide bonds. The SMILES string of the molecule is Cc1nnn(C(C)(C)CO)n1. The molecule has 1 rings (SSSR count). The van der Waals surface area contributed by atoms with Crippen LogP contribution in [-0.2, 0) is 5.54 Å². The van der Waals surface area contributed by atoms with Crippen molar-refractivity contribution in [3.05, 3.63) is 5.82 Å². The topological polar surface area (TPSA) is 63.8 Å². The van der Waals surface area contributed by atoms with E-state index in [0.29, 0.717) is 5.82 Å². The zero-order valence-electron chi connectivity index (χ0n) is 6.94. The quantitative estimate of drug-likeness (QED) is 0.639. The zero-order valence-corrected chi connectivity index (χ0v) is 6.94. The number of aliphatic hydroxyl groups excluding tert-OH is 1. The summed E-state index contributed by atoms with van der Waals surface area (Å²) in [4.78, 5) is 1.42. The average molecular weight is 156 g/mol. The summed E-state index contributed by atoms with van der Waals surface area (Å²) in [5.41, 5.74) is -0.457. The number of hydrogen-bond donors (Lipinski definition) is 1. The van der Waals surface area contributed by atoms with Crippen molar-refractivity contribution < 1.29 is 5.11 Å². The van der Waals surface area contributed by atoms with Gasteiger partial charge in [-0.25, -0.2) is 0 Å². The number of aryl methyl sites for hydroxylation is 1. The standard InChI is InChI=1S/C6H12N4O/c1-5-7-9-10(8-5)6(2,3)4-11/h11H,4H2,1-3H3. The molecule has 0 atom stereocenters. The molecule has 1 N–H and O–H groups in total. The van der Waals surface area contributed by atoms with Crippen molar-refractivity contribution in [2.45, 2.75) is 26.3 Å². The lowest BCUT2D eigenvalue weighted by Gasteiger charge is -2.18. The Morgan fingerprint density at radius 1 is 1.55 bits per heavy atom. The first-order chi connectivity index (χ1) is 5.06. The van der Waals surface area contributed by atoms with Gasteiger partial charge in [-0.3, -0.25) is 0 Å². The number of nitrogens with zero attached hydrogens (tertiary/aromatic N) is 4. The second-order valence-electron chi connectivity index (χ2n) is 3.10. The summed E-state index contributed by atoms with van der Waals surface area (Å²) in [6.07, 6.45) is 0. The van der Waals surface area contributed by atoms with Crippen LogP contribution in [0.5, 0.6) is 0 Å². The smallest absolute Gasteiger partial charge is 0.171 e. The lowest BCUT2D eigenvalue weighted by Crippen LogP contribution is -2.32. The minimum atomic E-state index is -0.457. The molecule has 0 saturated carbocycles. The van der Waals surface area contributed by atoms with Gasteiger partial charge in [0.2, 0.25) is 0 Å². The molecule has 0 bridgehead atoms. The molecule has 0 aromatic carbocycles. The Morgan fingerprint density at radius 2 is 2.18 bits per heavy atom. The van der Waals surface area contributed by atoms with Crippen molar-refractivity contribution in [3.63, 3.8) is 0 Å². The van der Waals surface area contributed by atoms with Gasteiger partial charge in [-0.15, -0.1) is 10.2 Å². The predicted octanol–water partition coefficient (Wildman–Crippen LogP) is -0.291. The molecule has 5 heteroatoms. The van der Waals surface area contributed by atoms with E-state index < -0.39 is 5.54 Å². The van der Waals surface area contributed by atoms with Crippen LogP contribution in [0.3, 0.4) is 0 Å². The normalized spacial score (nSPS) is 12.0. The summed E-state index contributed by atoms with van der Waals surface area (Å²) >= 11 is 0. The van der Waals surface area contributed by atoms with E-state index in [1.807, 2.05) is 13.8 Å². The molecule has 0 radical (unpaired) electrons. The summed E-state index contributed by atoms with van der Waals surface area (Å²) in [5, 5.41) is 20.4. The van der Waals surface area contributed by atoms with Crippen LogP contribution in [-0.4, -0.2) is 31.9 Å². The minimum Gasteiger partial charge on any atom is -0.394 e. The van der Waals surface area contributed by atoms with Crippen LogP contribution >= 0.6 is 0 Å². The number of aliphatic hydroxyl groups is 1. The summed E-state index contributed by atoms with van der Waals surface area (Å²) in [6, 6.07) is 0. The average Bonchev–Trinajstić information content (AvgIpc) is 2.36. The van der Waals surface area contributed by atoms with Crippen LogP contribution in [0.15, 0.2) is 0 Å². The molecule has 0 aliphatic carbocycles. The number of hydrogen-bond acceptors (Lipinski definition) is 4. The number of aromatic nitrogens is 4. The van der Waals surface area contributed by atoms with E-state index in [4.69, 9.17) is 5.11 Å². The third-order valence-corrected chi connectivity index (χ3v) is 1.44. The first-order valence-corrected chi connectivity index (χ1v) is 3.44. The highest BCUT2D eigenvalue weighted by Gasteiger charge is 2.21. The van der Waals surface area contributed by atoms with Gasteiger partial charge in [0.25, 0.3) is 0 Å². The van der Waals surface area contributed by atoms with Crippen LogP contribution in [0.2, 0.25) is 0 Å². The van der Waals surface area contributed by atoms with E-state index in [-0.39, 0.29) is 6.61 Å². The largest absolute Gasteiger partial charge is 0.394 e. The molecule has 62 valence electrons. The summed E-state index contributed by atoms with van der Waals surface area (Å²) in [7, 11) is 0. The van der Waals surface area contributed by atoms with Gasteiger partial charge in [-0.05, 0) is 26.0 Å². The van der Waals surface area contributed by atoms with Gasteiger partial charge in [-0.2, -0.15) is 4.80 Å². The van der Waals surface area contributed by atoms with Gasteiger partial charge in [0.15, 0.2) is 5.82 Å². The van der Waals surface area contributed by atoms with E-state index in [0.717, 1.165) is 0 Å². The molecule has 11 heavy (non-hydrogen) atoms. The van der Waals surface area contributed by atoms with Gasteiger partial charge in [0.1, 0.15) is 5.54 Å². The Kier molecular flexibility index (Phi) is 1.90. The maximum atomic E-state index is 8.93. The molecular formula is C6H12N4O. The van der Waals surface area contributed by atoms with Crippen molar-refractivity contribution in [1.29, 1.82) is 0 Å². The first kappa shape index (κ1) is 8.13. The van der Waals surface area contributed by atoms with E-state index in [2.05, 4.69) is 15.4 Å². The molecule has 1 aromatic rings. The first-order valence-electron chi connectivity index (χ1n) is 3.44. The van der Waals surface area contributed by atoms with Crippen molar-refractivity contribution in [2.24, 2.45) is 0 Å². The Labute approximate surface area is 65.0 Å². The van der Waals surface area contributed by atoms with Crippen LogP contribution < -0.4 is 0 Å². The second kappa shape index (κ2) is 2.58. The van der Waals surface area contributed by atoms with Gasteiger partial charge in [0.05, 0.1) is 6.61 Å². The fourth-order valence-corrected chi connectivity index (χ4v) is 0.604. The van der Waals surface area contributed by atoms with Crippen molar-refractivity contribution in [3.8, 4) is 0 Å².